The highest BCUT2D eigenvalue weighted by Gasteiger charge is 2.15. The van der Waals surface area contributed by atoms with Crippen LogP contribution < -0.4 is 0 Å². The largest absolute Gasteiger partial charge is 0.387 e. The van der Waals surface area contributed by atoms with Crippen LogP contribution in [0.3, 0.4) is 0 Å². The van der Waals surface area contributed by atoms with Crippen molar-refractivity contribution in [2.24, 2.45) is 0 Å². The summed E-state index contributed by atoms with van der Waals surface area (Å²) in [5.41, 5.74) is 4.50. The standard InChI is InChI=1S/C18H18O2S/c1-13(10-17(19)18-7-4-8-21-18)9-15-12-20-11-14-5-2-3-6-16(14)15/h2-9,17,19H,1,10-12H2/b15-9-. The van der Waals surface area contributed by atoms with E-state index in [9.17, 15) is 5.11 Å². The number of allylic oxidation sites excluding steroid dienone is 1. The van der Waals surface area contributed by atoms with E-state index < -0.39 is 6.10 Å². The molecule has 1 aromatic heterocycles. The molecule has 3 heteroatoms. The molecule has 3 rings (SSSR count). The Morgan fingerprint density at radius 2 is 2.14 bits per heavy atom. The lowest BCUT2D eigenvalue weighted by atomic mass is 9.95. The van der Waals surface area contributed by atoms with Crippen LogP contribution in [0.15, 0.2) is 60.0 Å². The van der Waals surface area contributed by atoms with Gasteiger partial charge in [-0.25, -0.2) is 0 Å². The summed E-state index contributed by atoms with van der Waals surface area (Å²) >= 11 is 1.57. The highest BCUT2D eigenvalue weighted by atomic mass is 32.1. The predicted molar refractivity (Wildman–Crippen MR) is 87.1 cm³/mol. The van der Waals surface area contributed by atoms with Crippen molar-refractivity contribution in [3.8, 4) is 0 Å². The average Bonchev–Trinajstić information content (AvgIpc) is 3.02. The summed E-state index contributed by atoms with van der Waals surface area (Å²) in [6.45, 7) is 5.35. The first-order valence-electron chi connectivity index (χ1n) is 7.00. The minimum atomic E-state index is -0.478. The average molecular weight is 298 g/mol. The maximum atomic E-state index is 10.2. The van der Waals surface area contributed by atoms with Crippen LogP contribution in [0, 0.1) is 0 Å². The van der Waals surface area contributed by atoms with E-state index in [1.807, 2.05) is 29.6 Å². The van der Waals surface area contributed by atoms with Crippen LogP contribution in [0.4, 0.5) is 0 Å². The van der Waals surface area contributed by atoms with Gasteiger partial charge in [-0.15, -0.1) is 11.3 Å². The molecule has 0 aliphatic carbocycles. The van der Waals surface area contributed by atoms with Gasteiger partial charge >= 0.3 is 0 Å². The van der Waals surface area contributed by atoms with Crippen LogP contribution in [-0.2, 0) is 11.3 Å². The highest BCUT2D eigenvalue weighted by Crippen LogP contribution is 2.29. The fraction of sp³-hybridized carbons (Fsp3) is 0.222. The molecule has 2 nitrogen and oxygen atoms in total. The van der Waals surface area contributed by atoms with Gasteiger partial charge in [0.2, 0.25) is 0 Å². The third-order valence-corrected chi connectivity index (χ3v) is 4.56. The molecule has 1 aromatic carbocycles. The van der Waals surface area contributed by atoms with Crippen LogP contribution in [0.25, 0.3) is 5.57 Å². The van der Waals surface area contributed by atoms with Gasteiger partial charge in [0.25, 0.3) is 0 Å². The highest BCUT2D eigenvalue weighted by molar-refractivity contribution is 7.10. The zero-order valence-corrected chi connectivity index (χ0v) is 12.6. The molecule has 0 amide bonds. The van der Waals surface area contributed by atoms with E-state index in [0.29, 0.717) is 19.6 Å². The Morgan fingerprint density at radius 1 is 1.29 bits per heavy atom. The van der Waals surface area contributed by atoms with Gasteiger partial charge < -0.3 is 9.84 Å². The van der Waals surface area contributed by atoms with Crippen LogP contribution in [-0.4, -0.2) is 11.7 Å². The van der Waals surface area contributed by atoms with E-state index in [-0.39, 0.29) is 0 Å². The molecule has 2 aromatic rings. The molecular formula is C18H18O2S. The summed E-state index contributed by atoms with van der Waals surface area (Å²) in [5, 5.41) is 12.2. The third-order valence-electron chi connectivity index (χ3n) is 3.58. The summed E-state index contributed by atoms with van der Waals surface area (Å²) in [6.07, 6.45) is 2.12. The predicted octanol–water partition coefficient (Wildman–Crippen LogP) is 4.34. The van der Waals surface area contributed by atoms with Gasteiger partial charge in [0, 0.05) is 11.3 Å². The molecule has 21 heavy (non-hydrogen) atoms. The zero-order chi connectivity index (χ0) is 14.7. The number of aliphatic hydroxyl groups excluding tert-OH is 1. The molecule has 2 heterocycles. The maximum Gasteiger partial charge on any atom is 0.0921 e. The molecule has 1 aliphatic rings. The molecule has 0 bridgehead atoms. The molecule has 1 atom stereocenters. The Bertz CT molecular complexity index is 656. The summed E-state index contributed by atoms with van der Waals surface area (Å²) in [6, 6.07) is 12.2. The van der Waals surface area contributed by atoms with Gasteiger partial charge in [-0.05, 0) is 28.1 Å². The molecule has 0 fully saturated rings. The lowest BCUT2D eigenvalue weighted by Crippen LogP contribution is -2.09. The topological polar surface area (TPSA) is 29.5 Å². The van der Waals surface area contributed by atoms with Gasteiger partial charge in [-0.2, -0.15) is 0 Å². The van der Waals surface area contributed by atoms with E-state index in [1.165, 1.54) is 11.1 Å². The van der Waals surface area contributed by atoms with Crippen molar-refractivity contribution in [1.29, 1.82) is 0 Å². The Morgan fingerprint density at radius 3 is 2.95 bits per heavy atom. The molecule has 0 radical (unpaired) electrons. The number of aliphatic hydroxyl groups is 1. The van der Waals surface area contributed by atoms with Crippen molar-refractivity contribution in [3.05, 3.63) is 76.0 Å². The zero-order valence-electron chi connectivity index (χ0n) is 11.8. The van der Waals surface area contributed by atoms with Gasteiger partial charge in [0.1, 0.15) is 0 Å². The number of thiophene rings is 1. The van der Waals surface area contributed by atoms with Crippen molar-refractivity contribution in [3.63, 3.8) is 0 Å². The number of ether oxygens (including phenoxy) is 1. The number of hydrogen-bond acceptors (Lipinski definition) is 3. The van der Waals surface area contributed by atoms with E-state index in [2.05, 4.69) is 24.8 Å². The fourth-order valence-corrected chi connectivity index (χ4v) is 3.27. The van der Waals surface area contributed by atoms with E-state index in [0.717, 1.165) is 16.0 Å². The molecule has 0 saturated heterocycles. The SMILES string of the molecule is C=C(/C=C1/COCc2ccccc21)CC(O)c1cccs1. The van der Waals surface area contributed by atoms with Crippen LogP contribution in [0.5, 0.6) is 0 Å². The van der Waals surface area contributed by atoms with E-state index in [4.69, 9.17) is 4.74 Å². The second kappa shape index (κ2) is 6.39. The molecule has 108 valence electrons. The normalized spacial score (nSPS) is 17.5. The maximum absolute atomic E-state index is 10.2. The summed E-state index contributed by atoms with van der Waals surface area (Å²) in [7, 11) is 0. The third kappa shape index (κ3) is 3.32. The van der Waals surface area contributed by atoms with Crippen LogP contribution in [0.1, 0.15) is 28.5 Å². The number of hydrogen-bond donors (Lipinski definition) is 1. The first-order valence-corrected chi connectivity index (χ1v) is 7.88. The van der Waals surface area contributed by atoms with E-state index >= 15 is 0 Å². The molecular weight excluding hydrogens is 280 g/mol. The van der Waals surface area contributed by atoms with Crippen molar-refractivity contribution in [1.82, 2.24) is 0 Å². The van der Waals surface area contributed by atoms with Crippen molar-refractivity contribution >= 4 is 16.9 Å². The summed E-state index contributed by atoms with van der Waals surface area (Å²) in [5.74, 6) is 0. The van der Waals surface area contributed by atoms with Crippen molar-refractivity contribution < 1.29 is 9.84 Å². The molecule has 1 unspecified atom stereocenters. The second-order valence-corrected chi connectivity index (χ2v) is 6.19. The number of benzene rings is 1. The van der Waals surface area contributed by atoms with Crippen LogP contribution in [0.2, 0.25) is 0 Å². The molecule has 1 N–H and O–H groups in total. The minimum Gasteiger partial charge on any atom is -0.387 e. The van der Waals surface area contributed by atoms with Crippen molar-refractivity contribution in [2.45, 2.75) is 19.1 Å². The second-order valence-electron chi connectivity index (χ2n) is 5.21. The Hall–Kier alpha value is -1.68. The first kappa shape index (κ1) is 14.3. The molecule has 1 aliphatic heterocycles. The Labute approximate surface area is 129 Å². The van der Waals surface area contributed by atoms with Gasteiger partial charge in [0.15, 0.2) is 0 Å². The quantitative estimate of drug-likeness (QED) is 0.909. The van der Waals surface area contributed by atoms with Crippen LogP contribution >= 0.6 is 11.3 Å². The van der Waals surface area contributed by atoms with E-state index in [1.54, 1.807) is 11.3 Å². The number of rotatable bonds is 4. The number of fused-ring (bicyclic) bond motifs is 1. The van der Waals surface area contributed by atoms with Gasteiger partial charge in [-0.1, -0.05) is 48.6 Å². The van der Waals surface area contributed by atoms with Gasteiger partial charge in [0.05, 0.1) is 19.3 Å². The van der Waals surface area contributed by atoms with Gasteiger partial charge in [-0.3, -0.25) is 0 Å². The Balaban J connectivity index is 1.75. The lowest BCUT2D eigenvalue weighted by Gasteiger charge is -2.20. The van der Waals surface area contributed by atoms with Crippen molar-refractivity contribution in [2.75, 3.05) is 6.61 Å². The fourth-order valence-electron chi connectivity index (χ4n) is 2.56. The summed E-state index contributed by atoms with van der Waals surface area (Å²) < 4.78 is 5.62. The molecule has 0 saturated carbocycles. The first-order chi connectivity index (χ1) is 10.2. The smallest absolute Gasteiger partial charge is 0.0921 e. The lowest BCUT2D eigenvalue weighted by molar-refractivity contribution is 0.146. The molecule has 0 spiro atoms. The minimum absolute atomic E-state index is 0.478. The summed E-state index contributed by atoms with van der Waals surface area (Å²) in [4.78, 5) is 0.981. The monoisotopic (exact) mass is 298 g/mol. The Kier molecular flexibility index (Phi) is 4.34.